The molecule has 6 nitrogen and oxygen atoms in total. The summed E-state index contributed by atoms with van der Waals surface area (Å²) in [5, 5.41) is 9.61. The molecule has 1 atom stereocenters. The van der Waals surface area contributed by atoms with E-state index in [1.54, 1.807) is 12.4 Å². The Balaban J connectivity index is 1.48. The summed E-state index contributed by atoms with van der Waals surface area (Å²) in [5.41, 5.74) is 1.03. The highest BCUT2D eigenvalue weighted by atomic mass is 32.2. The Morgan fingerprint density at radius 2 is 2.04 bits per heavy atom. The Bertz CT molecular complexity index is 743. The third-order valence-electron chi connectivity index (χ3n) is 4.85. The fourth-order valence-corrected chi connectivity index (χ4v) is 4.28. The summed E-state index contributed by atoms with van der Waals surface area (Å²) in [6, 6.07) is 4.38. The monoisotopic (exact) mass is 357 g/mol. The van der Waals surface area contributed by atoms with Gasteiger partial charge in [-0.25, -0.2) is 0 Å². The van der Waals surface area contributed by atoms with E-state index in [-0.39, 0.29) is 5.91 Å². The number of piperidine rings is 1. The average molecular weight is 357 g/mol. The standard InChI is InChI=1S/C18H23N5OS/c1-13-3-2-10-22(11-13)16(24)12-25-18-21-20-17(23(18)15-4-5-15)14-6-8-19-9-7-14/h6-9,13,15H,2-5,10-12H2,1H3/t13-/m0/s1. The molecule has 0 aromatic carbocycles. The first-order chi connectivity index (χ1) is 12.2. The van der Waals surface area contributed by atoms with Gasteiger partial charge in [0.2, 0.25) is 5.91 Å². The molecule has 25 heavy (non-hydrogen) atoms. The van der Waals surface area contributed by atoms with Crippen LogP contribution >= 0.6 is 11.8 Å². The molecule has 2 aliphatic rings. The van der Waals surface area contributed by atoms with Crippen molar-refractivity contribution < 1.29 is 4.79 Å². The highest BCUT2D eigenvalue weighted by molar-refractivity contribution is 7.99. The molecule has 7 heteroatoms. The van der Waals surface area contributed by atoms with Gasteiger partial charge in [0.15, 0.2) is 11.0 Å². The van der Waals surface area contributed by atoms with Crippen molar-refractivity contribution in [3.8, 4) is 11.4 Å². The van der Waals surface area contributed by atoms with Gasteiger partial charge >= 0.3 is 0 Å². The Kier molecular flexibility index (Phi) is 4.74. The van der Waals surface area contributed by atoms with Gasteiger partial charge in [0.25, 0.3) is 0 Å². The minimum atomic E-state index is 0.215. The van der Waals surface area contributed by atoms with Crippen LogP contribution in [0.15, 0.2) is 29.7 Å². The van der Waals surface area contributed by atoms with E-state index in [1.807, 2.05) is 17.0 Å². The van der Waals surface area contributed by atoms with Crippen LogP contribution in [0.4, 0.5) is 0 Å². The van der Waals surface area contributed by atoms with Crippen molar-refractivity contribution in [3.63, 3.8) is 0 Å². The average Bonchev–Trinajstić information content (AvgIpc) is 3.39. The molecule has 1 saturated carbocycles. The van der Waals surface area contributed by atoms with Gasteiger partial charge in [-0.15, -0.1) is 10.2 Å². The number of thioether (sulfide) groups is 1. The molecular weight excluding hydrogens is 334 g/mol. The highest BCUT2D eigenvalue weighted by Crippen LogP contribution is 2.41. The second kappa shape index (κ2) is 7.15. The maximum atomic E-state index is 12.5. The van der Waals surface area contributed by atoms with Crippen LogP contribution < -0.4 is 0 Å². The Hall–Kier alpha value is -1.89. The molecule has 2 fully saturated rings. The molecule has 1 aliphatic heterocycles. The SMILES string of the molecule is C[C@H]1CCCN(C(=O)CSc2nnc(-c3ccncc3)n2C2CC2)C1. The van der Waals surface area contributed by atoms with Crippen molar-refractivity contribution >= 4 is 17.7 Å². The molecule has 0 spiro atoms. The number of aromatic nitrogens is 4. The molecule has 2 aromatic heterocycles. The van der Waals surface area contributed by atoms with Gasteiger partial charge in [0.1, 0.15) is 0 Å². The largest absolute Gasteiger partial charge is 0.342 e. The summed E-state index contributed by atoms with van der Waals surface area (Å²) in [5.74, 6) is 2.14. The van der Waals surface area contributed by atoms with E-state index in [0.717, 1.165) is 48.9 Å². The van der Waals surface area contributed by atoms with Crippen molar-refractivity contribution in [3.05, 3.63) is 24.5 Å². The van der Waals surface area contributed by atoms with Crippen LogP contribution in [0.25, 0.3) is 11.4 Å². The fraction of sp³-hybridized carbons (Fsp3) is 0.556. The first kappa shape index (κ1) is 16.6. The van der Waals surface area contributed by atoms with Crippen LogP contribution in [0.3, 0.4) is 0 Å². The molecule has 3 heterocycles. The number of amides is 1. The number of pyridine rings is 1. The number of nitrogens with zero attached hydrogens (tertiary/aromatic N) is 5. The second-order valence-corrected chi connectivity index (χ2v) is 7.96. The van der Waals surface area contributed by atoms with Crippen LogP contribution in [-0.4, -0.2) is 49.4 Å². The molecular formula is C18H23N5OS. The van der Waals surface area contributed by atoms with E-state index in [9.17, 15) is 4.79 Å². The lowest BCUT2D eigenvalue weighted by Crippen LogP contribution is -2.40. The summed E-state index contributed by atoms with van der Waals surface area (Å²) in [6.45, 7) is 4.00. The molecule has 1 aliphatic carbocycles. The number of carbonyl (C=O) groups excluding carboxylic acids is 1. The van der Waals surface area contributed by atoms with Crippen molar-refractivity contribution in [2.24, 2.45) is 5.92 Å². The lowest BCUT2D eigenvalue weighted by Gasteiger charge is -2.30. The van der Waals surface area contributed by atoms with E-state index in [2.05, 4.69) is 26.7 Å². The lowest BCUT2D eigenvalue weighted by atomic mass is 10.0. The zero-order valence-corrected chi connectivity index (χ0v) is 15.3. The van der Waals surface area contributed by atoms with Gasteiger partial charge in [0, 0.05) is 37.1 Å². The van der Waals surface area contributed by atoms with Gasteiger partial charge in [0.05, 0.1) is 5.75 Å². The normalized spacial score (nSPS) is 20.7. The van der Waals surface area contributed by atoms with Gasteiger partial charge < -0.3 is 4.90 Å². The van der Waals surface area contributed by atoms with E-state index in [0.29, 0.717) is 17.7 Å². The van der Waals surface area contributed by atoms with Crippen molar-refractivity contribution in [1.82, 2.24) is 24.6 Å². The summed E-state index contributed by atoms with van der Waals surface area (Å²) < 4.78 is 2.20. The molecule has 0 N–H and O–H groups in total. The van der Waals surface area contributed by atoms with Crippen molar-refractivity contribution in [2.75, 3.05) is 18.8 Å². The van der Waals surface area contributed by atoms with Crippen LogP contribution in [0.2, 0.25) is 0 Å². The van der Waals surface area contributed by atoms with Gasteiger partial charge in [-0.05, 0) is 43.7 Å². The predicted octanol–water partition coefficient (Wildman–Crippen LogP) is 3.03. The van der Waals surface area contributed by atoms with Crippen LogP contribution in [0, 0.1) is 5.92 Å². The molecule has 2 aromatic rings. The summed E-state index contributed by atoms with van der Waals surface area (Å²) in [7, 11) is 0. The third-order valence-corrected chi connectivity index (χ3v) is 5.78. The van der Waals surface area contributed by atoms with Crippen LogP contribution in [0.5, 0.6) is 0 Å². The van der Waals surface area contributed by atoms with Gasteiger partial charge in [-0.1, -0.05) is 18.7 Å². The van der Waals surface area contributed by atoms with Crippen molar-refractivity contribution in [1.29, 1.82) is 0 Å². The molecule has 0 bridgehead atoms. The quantitative estimate of drug-likeness (QED) is 0.770. The molecule has 1 amide bonds. The summed E-state index contributed by atoms with van der Waals surface area (Å²) in [6.07, 6.45) is 8.19. The molecule has 0 radical (unpaired) electrons. The summed E-state index contributed by atoms with van der Waals surface area (Å²) in [4.78, 5) is 18.6. The molecule has 1 saturated heterocycles. The van der Waals surface area contributed by atoms with E-state index >= 15 is 0 Å². The molecule has 4 rings (SSSR count). The zero-order chi connectivity index (χ0) is 17.2. The topological polar surface area (TPSA) is 63.9 Å². The fourth-order valence-electron chi connectivity index (χ4n) is 3.37. The highest BCUT2D eigenvalue weighted by Gasteiger charge is 2.30. The zero-order valence-electron chi connectivity index (χ0n) is 14.5. The number of rotatable bonds is 5. The number of hydrogen-bond donors (Lipinski definition) is 0. The van der Waals surface area contributed by atoms with Crippen molar-refractivity contribution in [2.45, 2.75) is 43.8 Å². The Labute approximate surface area is 152 Å². The van der Waals surface area contributed by atoms with E-state index in [1.165, 1.54) is 18.2 Å². The minimum Gasteiger partial charge on any atom is -0.342 e. The van der Waals surface area contributed by atoms with Gasteiger partial charge in [-0.3, -0.25) is 14.3 Å². The number of likely N-dealkylation sites (tertiary alicyclic amines) is 1. The summed E-state index contributed by atoms with van der Waals surface area (Å²) >= 11 is 1.52. The smallest absolute Gasteiger partial charge is 0.233 e. The number of hydrogen-bond acceptors (Lipinski definition) is 5. The Morgan fingerprint density at radius 1 is 1.24 bits per heavy atom. The minimum absolute atomic E-state index is 0.215. The first-order valence-corrected chi connectivity index (χ1v) is 9.97. The van der Waals surface area contributed by atoms with E-state index < -0.39 is 0 Å². The van der Waals surface area contributed by atoms with Crippen LogP contribution in [0.1, 0.15) is 38.6 Å². The maximum Gasteiger partial charge on any atom is 0.233 e. The van der Waals surface area contributed by atoms with E-state index in [4.69, 9.17) is 0 Å². The lowest BCUT2D eigenvalue weighted by molar-refractivity contribution is -0.130. The number of carbonyl (C=O) groups is 1. The third kappa shape index (κ3) is 3.71. The second-order valence-electron chi connectivity index (χ2n) is 7.02. The maximum absolute atomic E-state index is 12.5. The molecule has 0 unspecified atom stereocenters. The molecule has 132 valence electrons. The predicted molar refractivity (Wildman–Crippen MR) is 97.2 cm³/mol. The van der Waals surface area contributed by atoms with Crippen LogP contribution in [-0.2, 0) is 4.79 Å². The first-order valence-electron chi connectivity index (χ1n) is 8.98. The Morgan fingerprint density at radius 3 is 2.76 bits per heavy atom. The van der Waals surface area contributed by atoms with Gasteiger partial charge in [-0.2, -0.15) is 0 Å².